The van der Waals surface area contributed by atoms with Crippen molar-refractivity contribution < 1.29 is 13.5 Å². The van der Waals surface area contributed by atoms with Gasteiger partial charge in [0.05, 0.1) is 6.54 Å². The number of benzene rings is 1. The molecule has 2 N–H and O–H groups in total. The van der Waals surface area contributed by atoms with Crippen molar-refractivity contribution in [2.45, 2.75) is 33.2 Å². The first-order chi connectivity index (χ1) is 10.2. The lowest BCUT2D eigenvalue weighted by Gasteiger charge is -2.10. The maximum absolute atomic E-state index is 12.1. The lowest BCUT2D eigenvalue weighted by Crippen LogP contribution is -2.37. The molecule has 0 amide bonds. The van der Waals surface area contributed by atoms with Gasteiger partial charge in [0.25, 0.3) is 6.43 Å². The van der Waals surface area contributed by atoms with Gasteiger partial charge in [-0.05, 0) is 31.0 Å². The van der Waals surface area contributed by atoms with E-state index in [-0.39, 0.29) is 24.0 Å². The molecule has 0 aliphatic carbocycles. The van der Waals surface area contributed by atoms with E-state index in [2.05, 4.69) is 22.5 Å². The van der Waals surface area contributed by atoms with Crippen LogP contribution in [-0.4, -0.2) is 32.1 Å². The summed E-state index contributed by atoms with van der Waals surface area (Å²) in [6.45, 7) is 5.59. The fourth-order valence-electron chi connectivity index (χ4n) is 1.65. The molecule has 1 rings (SSSR count). The molecule has 0 fully saturated rings. The van der Waals surface area contributed by atoms with Gasteiger partial charge in [0.2, 0.25) is 0 Å². The highest BCUT2D eigenvalue weighted by molar-refractivity contribution is 14.0. The van der Waals surface area contributed by atoms with E-state index in [1.165, 1.54) is 0 Å². The van der Waals surface area contributed by atoms with Crippen LogP contribution in [0.4, 0.5) is 8.78 Å². The molecule has 0 bridgehead atoms. The zero-order valence-corrected chi connectivity index (χ0v) is 15.3. The maximum Gasteiger partial charge on any atom is 0.272 e. The van der Waals surface area contributed by atoms with Gasteiger partial charge in [0.1, 0.15) is 12.4 Å². The van der Waals surface area contributed by atoms with Crippen molar-refractivity contribution in [3.63, 3.8) is 0 Å². The van der Waals surface area contributed by atoms with Gasteiger partial charge >= 0.3 is 0 Å². The first-order valence-electron chi connectivity index (χ1n) is 7.17. The molecule has 1 aromatic rings. The number of rotatable bonds is 8. The third kappa shape index (κ3) is 9.01. The molecule has 0 aliphatic rings. The molecule has 22 heavy (non-hydrogen) atoms. The Morgan fingerprint density at radius 3 is 2.68 bits per heavy atom. The number of nitrogens with one attached hydrogen (secondary N) is 2. The van der Waals surface area contributed by atoms with Gasteiger partial charge in [-0.15, -0.1) is 24.0 Å². The molecule has 0 unspecified atom stereocenters. The van der Waals surface area contributed by atoms with Gasteiger partial charge < -0.3 is 15.4 Å². The number of hydrogen-bond donors (Lipinski definition) is 2. The van der Waals surface area contributed by atoms with Crippen molar-refractivity contribution in [2.24, 2.45) is 4.99 Å². The van der Waals surface area contributed by atoms with Crippen LogP contribution >= 0.6 is 24.0 Å². The Bertz CT molecular complexity index is 445. The first-order valence-corrected chi connectivity index (χ1v) is 7.17. The molecule has 0 aromatic heterocycles. The zero-order valence-electron chi connectivity index (χ0n) is 12.9. The van der Waals surface area contributed by atoms with Crippen LogP contribution in [0.3, 0.4) is 0 Å². The molecule has 0 heterocycles. The van der Waals surface area contributed by atoms with E-state index < -0.39 is 13.0 Å². The monoisotopic (exact) mass is 427 g/mol. The van der Waals surface area contributed by atoms with Gasteiger partial charge in [0.15, 0.2) is 5.96 Å². The normalized spacial score (nSPS) is 11.0. The average Bonchev–Trinajstić information content (AvgIpc) is 2.48. The van der Waals surface area contributed by atoms with Crippen LogP contribution in [0, 0.1) is 0 Å². The Kier molecular flexibility index (Phi) is 11.8. The summed E-state index contributed by atoms with van der Waals surface area (Å²) >= 11 is 0. The number of hydrogen-bond acceptors (Lipinski definition) is 2. The zero-order chi connectivity index (χ0) is 15.5. The molecular formula is C15H24F2IN3O. The predicted molar refractivity (Wildman–Crippen MR) is 96.5 cm³/mol. The Morgan fingerprint density at radius 1 is 1.27 bits per heavy atom. The largest absolute Gasteiger partial charge is 0.488 e. The van der Waals surface area contributed by atoms with Gasteiger partial charge in [-0.2, -0.15) is 0 Å². The van der Waals surface area contributed by atoms with Gasteiger partial charge in [0, 0.05) is 13.1 Å². The molecule has 0 aliphatic heterocycles. The summed E-state index contributed by atoms with van der Waals surface area (Å²) in [6, 6.07) is 7.06. The van der Waals surface area contributed by atoms with E-state index in [0.29, 0.717) is 12.3 Å². The fraction of sp³-hybridized carbons (Fsp3) is 0.533. The fourth-order valence-corrected chi connectivity index (χ4v) is 1.65. The lowest BCUT2D eigenvalue weighted by atomic mass is 10.2. The van der Waals surface area contributed by atoms with Crippen molar-refractivity contribution in [2.75, 3.05) is 19.7 Å². The smallest absolute Gasteiger partial charge is 0.272 e. The SMILES string of the molecule is CCCNC(=NCc1cccc(OCC(F)F)c1)NCC.I. The Hall–Kier alpha value is -1.12. The molecule has 0 atom stereocenters. The van der Waals surface area contributed by atoms with Crippen LogP contribution in [0.15, 0.2) is 29.3 Å². The number of aliphatic imine (C=N–C) groups is 1. The van der Waals surface area contributed by atoms with Crippen molar-refractivity contribution in [3.8, 4) is 5.75 Å². The Morgan fingerprint density at radius 2 is 2.05 bits per heavy atom. The minimum absolute atomic E-state index is 0. The summed E-state index contributed by atoms with van der Waals surface area (Å²) in [5, 5.41) is 6.35. The molecular weight excluding hydrogens is 403 g/mol. The summed E-state index contributed by atoms with van der Waals surface area (Å²) in [6.07, 6.45) is -1.45. The number of guanidine groups is 1. The van der Waals surface area contributed by atoms with Crippen LogP contribution in [0.2, 0.25) is 0 Å². The topological polar surface area (TPSA) is 45.7 Å². The second-order valence-electron chi connectivity index (χ2n) is 4.47. The number of alkyl halides is 2. The minimum Gasteiger partial charge on any atom is -0.488 e. The van der Waals surface area contributed by atoms with E-state index in [9.17, 15) is 8.78 Å². The highest BCUT2D eigenvalue weighted by Crippen LogP contribution is 2.14. The van der Waals surface area contributed by atoms with E-state index in [1.54, 1.807) is 18.2 Å². The third-order valence-electron chi connectivity index (χ3n) is 2.58. The van der Waals surface area contributed by atoms with E-state index in [0.717, 1.165) is 31.0 Å². The second kappa shape index (κ2) is 12.4. The van der Waals surface area contributed by atoms with Crippen molar-refractivity contribution in [1.82, 2.24) is 10.6 Å². The molecule has 1 aromatic carbocycles. The van der Waals surface area contributed by atoms with Gasteiger partial charge in [-0.3, -0.25) is 0 Å². The molecule has 7 heteroatoms. The van der Waals surface area contributed by atoms with Crippen molar-refractivity contribution >= 4 is 29.9 Å². The van der Waals surface area contributed by atoms with Crippen molar-refractivity contribution in [3.05, 3.63) is 29.8 Å². The standard InChI is InChI=1S/C15H23F2N3O.HI/c1-3-8-19-15(18-4-2)20-10-12-6-5-7-13(9-12)21-11-14(16)17;/h5-7,9,14H,3-4,8,10-11H2,1-2H3,(H2,18,19,20);1H. The van der Waals surface area contributed by atoms with Crippen LogP contribution < -0.4 is 15.4 Å². The summed E-state index contributed by atoms with van der Waals surface area (Å²) in [5.41, 5.74) is 0.912. The average molecular weight is 427 g/mol. The minimum atomic E-state index is -2.47. The highest BCUT2D eigenvalue weighted by atomic mass is 127. The van der Waals surface area contributed by atoms with E-state index in [4.69, 9.17) is 4.74 Å². The Balaban J connectivity index is 0.00000441. The lowest BCUT2D eigenvalue weighted by molar-refractivity contribution is 0.0818. The van der Waals surface area contributed by atoms with Crippen molar-refractivity contribution in [1.29, 1.82) is 0 Å². The molecule has 0 saturated carbocycles. The number of nitrogens with zero attached hydrogens (tertiary/aromatic N) is 1. The molecule has 4 nitrogen and oxygen atoms in total. The number of ether oxygens (including phenoxy) is 1. The van der Waals surface area contributed by atoms with Crippen LogP contribution in [-0.2, 0) is 6.54 Å². The molecule has 0 saturated heterocycles. The summed E-state index contributed by atoms with van der Waals surface area (Å²) in [5.74, 6) is 1.19. The quantitative estimate of drug-likeness (QED) is 0.380. The van der Waals surface area contributed by atoms with Crippen LogP contribution in [0.25, 0.3) is 0 Å². The third-order valence-corrected chi connectivity index (χ3v) is 2.58. The summed E-state index contributed by atoms with van der Waals surface area (Å²) in [7, 11) is 0. The maximum atomic E-state index is 12.1. The second-order valence-corrected chi connectivity index (χ2v) is 4.47. The predicted octanol–water partition coefficient (Wildman–Crippen LogP) is 3.41. The molecule has 0 radical (unpaired) electrons. The molecule has 0 spiro atoms. The summed E-state index contributed by atoms with van der Waals surface area (Å²) < 4.78 is 29.2. The van der Waals surface area contributed by atoms with Gasteiger partial charge in [-0.25, -0.2) is 13.8 Å². The molecule has 126 valence electrons. The van der Waals surface area contributed by atoms with Gasteiger partial charge in [-0.1, -0.05) is 19.1 Å². The Labute approximate surface area is 147 Å². The van der Waals surface area contributed by atoms with E-state index in [1.807, 2.05) is 13.0 Å². The van der Waals surface area contributed by atoms with Crippen LogP contribution in [0.5, 0.6) is 5.75 Å². The van der Waals surface area contributed by atoms with Crippen LogP contribution in [0.1, 0.15) is 25.8 Å². The first kappa shape index (κ1) is 20.9. The van der Waals surface area contributed by atoms with E-state index >= 15 is 0 Å². The highest BCUT2D eigenvalue weighted by Gasteiger charge is 2.04. The summed E-state index contributed by atoms with van der Waals surface area (Å²) in [4.78, 5) is 4.45. The number of halogens is 3.